The Labute approximate surface area is 151 Å². The molecule has 26 heavy (non-hydrogen) atoms. The minimum absolute atomic E-state index is 0.00790. The van der Waals surface area contributed by atoms with Gasteiger partial charge in [0.15, 0.2) is 11.5 Å². The Kier molecular flexibility index (Phi) is 5.85. The molecule has 0 aliphatic carbocycles. The minimum atomic E-state index is -0.427. The molecule has 0 atom stereocenters. The molecule has 7 heteroatoms. The van der Waals surface area contributed by atoms with Crippen molar-refractivity contribution in [3.63, 3.8) is 0 Å². The largest absolute Gasteiger partial charge is 0.507 e. The molecule has 0 aliphatic rings. The summed E-state index contributed by atoms with van der Waals surface area (Å²) in [6.45, 7) is 3.60. The van der Waals surface area contributed by atoms with Gasteiger partial charge in [0, 0.05) is 19.3 Å². The molecule has 136 valence electrons. The van der Waals surface area contributed by atoms with Crippen molar-refractivity contribution in [3.8, 4) is 17.2 Å². The van der Waals surface area contributed by atoms with Gasteiger partial charge in [-0.15, -0.1) is 0 Å². The summed E-state index contributed by atoms with van der Waals surface area (Å²) >= 11 is 0. The number of methoxy groups -OCH3 is 1. The molecule has 0 aliphatic heterocycles. The Morgan fingerprint density at radius 1 is 1.19 bits per heavy atom. The number of phenolic OH excluding ortho intramolecular Hbond substituents is 2. The Bertz CT molecular complexity index is 848. The Hall–Kier alpha value is -3.48. The molecule has 0 fully saturated rings. The van der Waals surface area contributed by atoms with Crippen LogP contribution in [0.3, 0.4) is 0 Å². The maximum atomic E-state index is 12.7. The number of ether oxygens (including phenoxy) is 1. The highest BCUT2D eigenvalue weighted by Crippen LogP contribution is 2.28. The third-order valence-electron chi connectivity index (χ3n) is 3.69. The first-order valence-electron chi connectivity index (χ1n) is 7.73. The maximum Gasteiger partial charge on any atom is 0.257 e. The lowest BCUT2D eigenvalue weighted by Gasteiger charge is -2.19. The van der Waals surface area contributed by atoms with Crippen molar-refractivity contribution >= 4 is 17.5 Å². The SMILES string of the molecule is C=CC(=O)Nc1ccc(O)c(C(=O)N(C)Cc2ccc(O)c(OC)c2)c1. The smallest absolute Gasteiger partial charge is 0.257 e. The third-order valence-corrected chi connectivity index (χ3v) is 3.69. The average molecular weight is 356 g/mol. The second-order valence-corrected chi connectivity index (χ2v) is 5.59. The molecule has 7 nitrogen and oxygen atoms in total. The molecule has 2 rings (SSSR count). The monoisotopic (exact) mass is 356 g/mol. The quantitative estimate of drug-likeness (QED) is 0.546. The van der Waals surface area contributed by atoms with E-state index in [-0.39, 0.29) is 23.6 Å². The lowest BCUT2D eigenvalue weighted by Crippen LogP contribution is -2.26. The highest BCUT2D eigenvalue weighted by atomic mass is 16.5. The molecule has 0 aromatic heterocycles. The van der Waals surface area contributed by atoms with Gasteiger partial charge in [-0.1, -0.05) is 12.6 Å². The number of phenols is 2. The molecule has 0 unspecified atom stereocenters. The Morgan fingerprint density at radius 2 is 1.88 bits per heavy atom. The molecule has 0 saturated carbocycles. The molecule has 2 aromatic rings. The molecule has 3 N–H and O–H groups in total. The number of aromatic hydroxyl groups is 2. The van der Waals surface area contributed by atoms with Crippen LogP contribution in [-0.2, 0) is 11.3 Å². The van der Waals surface area contributed by atoms with Gasteiger partial charge in [-0.3, -0.25) is 9.59 Å². The van der Waals surface area contributed by atoms with Crippen molar-refractivity contribution in [1.82, 2.24) is 4.90 Å². The van der Waals surface area contributed by atoms with Crippen molar-refractivity contribution in [3.05, 3.63) is 60.2 Å². The summed E-state index contributed by atoms with van der Waals surface area (Å²) in [5, 5.41) is 22.2. The first-order chi connectivity index (χ1) is 12.3. The van der Waals surface area contributed by atoms with E-state index in [2.05, 4.69) is 11.9 Å². The Morgan fingerprint density at radius 3 is 2.54 bits per heavy atom. The van der Waals surface area contributed by atoms with Crippen molar-refractivity contribution in [2.75, 3.05) is 19.5 Å². The number of rotatable bonds is 6. The van der Waals surface area contributed by atoms with Crippen LogP contribution in [0.1, 0.15) is 15.9 Å². The molecule has 2 aromatic carbocycles. The van der Waals surface area contributed by atoms with Gasteiger partial charge in [-0.05, 0) is 42.0 Å². The van der Waals surface area contributed by atoms with E-state index in [4.69, 9.17) is 4.74 Å². The van der Waals surface area contributed by atoms with Crippen molar-refractivity contribution in [2.24, 2.45) is 0 Å². The molecule has 0 heterocycles. The predicted octanol–water partition coefficient (Wildman–Crippen LogP) is 2.50. The number of hydrogen-bond donors (Lipinski definition) is 3. The highest BCUT2D eigenvalue weighted by Gasteiger charge is 2.18. The fraction of sp³-hybridized carbons (Fsp3) is 0.158. The number of nitrogens with one attached hydrogen (secondary N) is 1. The Balaban J connectivity index is 2.20. The van der Waals surface area contributed by atoms with E-state index in [1.807, 2.05) is 0 Å². The van der Waals surface area contributed by atoms with E-state index in [9.17, 15) is 19.8 Å². The molecule has 0 saturated heterocycles. The van der Waals surface area contributed by atoms with E-state index in [1.54, 1.807) is 19.2 Å². The van der Waals surface area contributed by atoms with Gasteiger partial charge in [-0.25, -0.2) is 0 Å². The molecule has 2 amide bonds. The van der Waals surface area contributed by atoms with Crippen molar-refractivity contribution in [2.45, 2.75) is 6.54 Å². The van der Waals surface area contributed by atoms with E-state index in [0.29, 0.717) is 11.4 Å². The number of hydrogen-bond acceptors (Lipinski definition) is 5. The van der Waals surface area contributed by atoms with Crippen molar-refractivity contribution < 1.29 is 24.5 Å². The maximum absolute atomic E-state index is 12.7. The van der Waals surface area contributed by atoms with Crippen LogP contribution in [0, 0.1) is 0 Å². The van der Waals surface area contributed by atoms with Gasteiger partial charge < -0.3 is 25.2 Å². The average Bonchev–Trinajstić information content (AvgIpc) is 2.64. The standard InChI is InChI=1S/C19H20N2O5/c1-4-18(24)20-13-6-8-15(22)14(10-13)19(25)21(2)11-12-5-7-16(23)17(9-12)26-3/h4-10,22-23H,1,11H2,2-3H3,(H,20,24). The topological polar surface area (TPSA) is 99.1 Å². The summed E-state index contributed by atoms with van der Waals surface area (Å²) in [4.78, 5) is 25.4. The van der Waals surface area contributed by atoms with Gasteiger partial charge >= 0.3 is 0 Å². The van der Waals surface area contributed by atoms with Crippen LogP contribution < -0.4 is 10.1 Å². The minimum Gasteiger partial charge on any atom is -0.507 e. The molecular formula is C19H20N2O5. The van der Waals surface area contributed by atoms with Gasteiger partial charge in [0.05, 0.1) is 12.7 Å². The normalized spacial score (nSPS) is 10.1. The van der Waals surface area contributed by atoms with Crippen LogP contribution >= 0.6 is 0 Å². The molecular weight excluding hydrogens is 336 g/mol. The van der Waals surface area contributed by atoms with Crippen LogP contribution in [0.25, 0.3) is 0 Å². The lowest BCUT2D eigenvalue weighted by molar-refractivity contribution is -0.111. The third kappa shape index (κ3) is 4.32. The number of nitrogens with zero attached hydrogens (tertiary/aromatic N) is 1. The summed E-state index contributed by atoms with van der Waals surface area (Å²) in [6.07, 6.45) is 1.11. The summed E-state index contributed by atoms with van der Waals surface area (Å²) in [7, 11) is 3.02. The molecule has 0 bridgehead atoms. The fourth-order valence-corrected chi connectivity index (χ4v) is 2.35. The second kappa shape index (κ2) is 8.06. The van der Waals surface area contributed by atoms with Gasteiger partial charge in [0.2, 0.25) is 5.91 Å². The second-order valence-electron chi connectivity index (χ2n) is 5.59. The zero-order valence-electron chi connectivity index (χ0n) is 14.5. The van der Waals surface area contributed by atoms with Crippen LogP contribution in [0.5, 0.6) is 17.2 Å². The van der Waals surface area contributed by atoms with Crippen LogP contribution in [0.2, 0.25) is 0 Å². The van der Waals surface area contributed by atoms with E-state index in [0.717, 1.165) is 11.6 Å². The predicted molar refractivity (Wildman–Crippen MR) is 97.4 cm³/mol. The van der Waals surface area contributed by atoms with Crippen LogP contribution in [0.4, 0.5) is 5.69 Å². The lowest BCUT2D eigenvalue weighted by atomic mass is 10.1. The first-order valence-corrected chi connectivity index (χ1v) is 7.73. The van der Waals surface area contributed by atoms with Crippen molar-refractivity contribution in [1.29, 1.82) is 0 Å². The summed E-state index contributed by atoms with van der Waals surface area (Å²) in [5.41, 5.74) is 1.17. The van der Waals surface area contributed by atoms with Gasteiger partial charge in [0.25, 0.3) is 5.91 Å². The van der Waals surface area contributed by atoms with E-state index in [1.165, 1.54) is 36.3 Å². The number of amides is 2. The zero-order chi connectivity index (χ0) is 19.3. The summed E-state index contributed by atoms with van der Waals surface area (Å²) in [5.74, 6) is -0.724. The van der Waals surface area contributed by atoms with Crippen LogP contribution in [-0.4, -0.2) is 41.1 Å². The first kappa shape index (κ1) is 18.9. The summed E-state index contributed by atoms with van der Waals surface area (Å²) < 4.78 is 5.05. The number of carbonyl (C=O) groups excluding carboxylic acids is 2. The number of anilines is 1. The fourth-order valence-electron chi connectivity index (χ4n) is 2.35. The number of benzene rings is 2. The summed E-state index contributed by atoms with van der Waals surface area (Å²) in [6, 6.07) is 8.99. The molecule has 0 radical (unpaired) electrons. The van der Waals surface area contributed by atoms with Crippen LogP contribution in [0.15, 0.2) is 49.1 Å². The highest BCUT2D eigenvalue weighted by molar-refractivity contribution is 6.01. The van der Waals surface area contributed by atoms with E-state index < -0.39 is 11.8 Å². The zero-order valence-corrected chi connectivity index (χ0v) is 14.5. The van der Waals surface area contributed by atoms with Gasteiger partial charge in [0.1, 0.15) is 5.75 Å². The molecule has 0 spiro atoms. The van der Waals surface area contributed by atoms with E-state index >= 15 is 0 Å². The van der Waals surface area contributed by atoms with Gasteiger partial charge in [-0.2, -0.15) is 0 Å². The number of carbonyl (C=O) groups is 2.